The highest BCUT2D eigenvalue weighted by Gasteiger charge is 2.24. The molecule has 1 unspecified atom stereocenters. The van der Waals surface area contributed by atoms with Gasteiger partial charge in [-0.05, 0) is 42.8 Å². The maximum Gasteiger partial charge on any atom is 0.338 e. The SMILES string of the molecule is O=C(OCC1CCN(c2ccccc2)C1)c1ccc(N2CCNC2=O)cc1. The fourth-order valence-corrected chi connectivity index (χ4v) is 3.61. The van der Waals surface area contributed by atoms with E-state index in [-0.39, 0.29) is 12.0 Å². The van der Waals surface area contributed by atoms with Crippen molar-refractivity contribution < 1.29 is 14.3 Å². The zero-order valence-electron chi connectivity index (χ0n) is 15.1. The van der Waals surface area contributed by atoms with Crippen LogP contribution in [0.1, 0.15) is 16.8 Å². The van der Waals surface area contributed by atoms with Gasteiger partial charge in [-0.25, -0.2) is 9.59 Å². The number of carbonyl (C=O) groups excluding carboxylic acids is 2. The van der Waals surface area contributed by atoms with Crippen LogP contribution in [0.2, 0.25) is 0 Å². The topological polar surface area (TPSA) is 61.9 Å². The number of amides is 2. The molecule has 0 aromatic heterocycles. The Morgan fingerprint density at radius 1 is 1.04 bits per heavy atom. The molecule has 140 valence electrons. The molecule has 4 rings (SSSR count). The molecule has 0 spiro atoms. The molecule has 2 aliphatic rings. The van der Waals surface area contributed by atoms with E-state index in [2.05, 4.69) is 22.3 Å². The first-order valence-corrected chi connectivity index (χ1v) is 9.33. The number of para-hydroxylation sites is 1. The lowest BCUT2D eigenvalue weighted by atomic mass is 10.1. The van der Waals surface area contributed by atoms with E-state index < -0.39 is 0 Å². The second-order valence-corrected chi connectivity index (χ2v) is 6.97. The standard InChI is InChI=1S/C21H23N3O3/c25-20(17-6-8-19(9-7-17)24-13-11-22-21(24)26)27-15-16-10-12-23(14-16)18-4-2-1-3-5-18/h1-9,16H,10-15H2,(H,22,26). The molecule has 6 heteroatoms. The van der Waals surface area contributed by atoms with Crippen molar-refractivity contribution in [1.29, 1.82) is 0 Å². The fourth-order valence-electron chi connectivity index (χ4n) is 3.61. The van der Waals surface area contributed by atoms with Crippen LogP contribution >= 0.6 is 0 Å². The highest BCUT2D eigenvalue weighted by Crippen LogP contribution is 2.24. The van der Waals surface area contributed by atoms with Gasteiger partial charge in [0.25, 0.3) is 0 Å². The number of esters is 1. The number of anilines is 2. The molecule has 2 heterocycles. The normalized spacial score (nSPS) is 19.3. The van der Waals surface area contributed by atoms with Crippen LogP contribution in [0, 0.1) is 5.92 Å². The summed E-state index contributed by atoms with van der Waals surface area (Å²) in [6.45, 7) is 3.60. The van der Waals surface area contributed by atoms with Crippen molar-refractivity contribution in [2.24, 2.45) is 5.92 Å². The largest absolute Gasteiger partial charge is 0.462 e. The second-order valence-electron chi connectivity index (χ2n) is 6.97. The van der Waals surface area contributed by atoms with E-state index in [9.17, 15) is 9.59 Å². The van der Waals surface area contributed by atoms with Crippen molar-refractivity contribution in [3.63, 3.8) is 0 Å². The average Bonchev–Trinajstić information content (AvgIpc) is 3.36. The number of nitrogens with zero attached hydrogens (tertiary/aromatic N) is 2. The molecular weight excluding hydrogens is 342 g/mol. The molecular formula is C21H23N3O3. The predicted octanol–water partition coefficient (Wildman–Crippen LogP) is 2.90. The maximum absolute atomic E-state index is 12.3. The molecule has 1 N–H and O–H groups in total. The lowest BCUT2D eigenvalue weighted by molar-refractivity contribution is 0.0451. The van der Waals surface area contributed by atoms with Gasteiger partial charge in [-0.1, -0.05) is 18.2 Å². The van der Waals surface area contributed by atoms with Crippen LogP contribution in [0.15, 0.2) is 54.6 Å². The number of carbonyl (C=O) groups is 2. The summed E-state index contributed by atoms with van der Waals surface area (Å²) in [5.41, 5.74) is 2.51. The van der Waals surface area contributed by atoms with Crippen LogP contribution in [-0.2, 0) is 4.74 Å². The zero-order valence-corrected chi connectivity index (χ0v) is 15.1. The lowest BCUT2D eigenvalue weighted by Crippen LogP contribution is -2.27. The van der Waals surface area contributed by atoms with E-state index in [0.717, 1.165) is 25.2 Å². The van der Waals surface area contributed by atoms with Gasteiger partial charge in [-0.3, -0.25) is 4.90 Å². The zero-order chi connectivity index (χ0) is 18.6. The highest BCUT2D eigenvalue weighted by molar-refractivity contribution is 5.95. The van der Waals surface area contributed by atoms with Gasteiger partial charge < -0.3 is 15.0 Å². The summed E-state index contributed by atoms with van der Waals surface area (Å²) in [5, 5.41) is 2.76. The molecule has 1 atom stereocenters. The highest BCUT2D eigenvalue weighted by atomic mass is 16.5. The Morgan fingerprint density at radius 3 is 2.52 bits per heavy atom. The van der Waals surface area contributed by atoms with Crippen LogP contribution in [0.3, 0.4) is 0 Å². The average molecular weight is 365 g/mol. The Morgan fingerprint density at radius 2 is 1.81 bits per heavy atom. The third-order valence-corrected chi connectivity index (χ3v) is 5.13. The van der Waals surface area contributed by atoms with E-state index in [1.165, 1.54) is 5.69 Å². The molecule has 2 saturated heterocycles. The van der Waals surface area contributed by atoms with E-state index in [1.807, 2.05) is 18.2 Å². The summed E-state index contributed by atoms with van der Waals surface area (Å²) in [5.74, 6) is 0.0345. The summed E-state index contributed by atoms with van der Waals surface area (Å²) in [7, 11) is 0. The van der Waals surface area contributed by atoms with Crippen LogP contribution in [0.4, 0.5) is 16.2 Å². The van der Waals surface area contributed by atoms with Crippen LogP contribution < -0.4 is 15.1 Å². The monoisotopic (exact) mass is 365 g/mol. The van der Waals surface area contributed by atoms with Gasteiger partial charge in [0.2, 0.25) is 0 Å². The van der Waals surface area contributed by atoms with Gasteiger partial charge in [0.05, 0.1) is 12.2 Å². The lowest BCUT2D eigenvalue weighted by Gasteiger charge is -2.18. The number of benzene rings is 2. The minimum atomic E-state index is -0.314. The van der Waals surface area contributed by atoms with Crippen LogP contribution in [-0.4, -0.2) is 44.8 Å². The predicted molar refractivity (Wildman–Crippen MR) is 104 cm³/mol. The number of hydrogen-bond donors (Lipinski definition) is 1. The molecule has 0 aliphatic carbocycles. The van der Waals surface area contributed by atoms with E-state index in [0.29, 0.717) is 31.2 Å². The van der Waals surface area contributed by atoms with Gasteiger partial charge in [0.15, 0.2) is 0 Å². The molecule has 2 aromatic rings. The van der Waals surface area contributed by atoms with Gasteiger partial charge in [-0.15, -0.1) is 0 Å². The Balaban J connectivity index is 1.29. The molecule has 0 saturated carbocycles. The number of rotatable bonds is 5. The summed E-state index contributed by atoms with van der Waals surface area (Å²) < 4.78 is 5.52. The smallest absolute Gasteiger partial charge is 0.338 e. The van der Waals surface area contributed by atoms with Gasteiger partial charge in [0.1, 0.15) is 0 Å². The Hall–Kier alpha value is -3.02. The van der Waals surface area contributed by atoms with Crippen LogP contribution in [0.5, 0.6) is 0 Å². The van der Waals surface area contributed by atoms with Gasteiger partial charge in [-0.2, -0.15) is 0 Å². The molecule has 2 amide bonds. The Kier molecular flexibility index (Phi) is 4.96. The van der Waals surface area contributed by atoms with E-state index in [1.54, 1.807) is 29.2 Å². The third-order valence-electron chi connectivity index (χ3n) is 5.13. The van der Waals surface area contributed by atoms with Crippen molar-refractivity contribution in [1.82, 2.24) is 5.32 Å². The van der Waals surface area contributed by atoms with Gasteiger partial charge >= 0.3 is 12.0 Å². The molecule has 27 heavy (non-hydrogen) atoms. The summed E-state index contributed by atoms with van der Waals surface area (Å²) in [4.78, 5) is 28.0. The number of ether oxygens (including phenoxy) is 1. The van der Waals surface area contributed by atoms with Crippen molar-refractivity contribution in [2.75, 3.05) is 42.6 Å². The number of nitrogens with one attached hydrogen (secondary N) is 1. The van der Waals surface area contributed by atoms with Gasteiger partial charge in [0, 0.05) is 43.5 Å². The fraction of sp³-hybridized carbons (Fsp3) is 0.333. The summed E-state index contributed by atoms with van der Waals surface area (Å²) in [6, 6.07) is 17.2. The Labute approximate surface area is 158 Å². The first kappa shape index (κ1) is 17.4. The molecule has 2 aromatic carbocycles. The molecule has 2 fully saturated rings. The first-order valence-electron chi connectivity index (χ1n) is 9.33. The van der Waals surface area contributed by atoms with Crippen molar-refractivity contribution in [2.45, 2.75) is 6.42 Å². The number of urea groups is 1. The Bertz CT molecular complexity index is 807. The molecule has 2 aliphatic heterocycles. The molecule has 0 radical (unpaired) electrons. The minimum absolute atomic E-state index is 0.102. The second kappa shape index (κ2) is 7.70. The summed E-state index contributed by atoms with van der Waals surface area (Å²) in [6.07, 6.45) is 1.02. The summed E-state index contributed by atoms with van der Waals surface area (Å²) >= 11 is 0. The quantitative estimate of drug-likeness (QED) is 0.828. The maximum atomic E-state index is 12.3. The minimum Gasteiger partial charge on any atom is -0.462 e. The number of hydrogen-bond acceptors (Lipinski definition) is 4. The third kappa shape index (κ3) is 3.89. The van der Waals surface area contributed by atoms with E-state index >= 15 is 0 Å². The van der Waals surface area contributed by atoms with Crippen molar-refractivity contribution in [3.8, 4) is 0 Å². The van der Waals surface area contributed by atoms with Crippen molar-refractivity contribution >= 4 is 23.4 Å². The van der Waals surface area contributed by atoms with E-state index in [4.69, 9.17) is 4.74 Å². The molecule has 6 nitrogen and oxygen atoms in total. The van der Waals surface area contributed by atoms with Crippen LogP contribution in [0.25, 0.3) is 0 Å². The molecule has 0 bridgehead atoms. The van der Waals surface area contributed by atoms with Crippen molar-refractivity contribution in [3.05, 3.63) is 60.2 Å². The first-order chi connectivity index (χ1) is 13.2.